The van der Waals surface area contributed by atoms with E-state index in [2.05, 4.69) is 4.98 Å². The molecule has 1 aromatic carbocycles. The lowest BCUT2D eigenvalue weighted by atomic mass is 10.1. The van der Waals surface area contributed by atoms with Gasteiger partial charge in [0.15, 0.2) is 0 Å². The average Bonchev–Trinajstić information content (AvgIpc) is 2.42. The van der Waals surface area contributed by atoms with Gasteiger partial charge in [-0.3, -0.25) is 9.78 Å². The monoisotopic (exact) mass is 255 g/mol. The maximum absolute atomic E-state index is 12.5. The molecule has 0 unspecified atom stereocenters. The van der Waals surface area contributed by atoms with Crippen molar-refractivity contribution in [3.05, 3.63) is 53.9 Å². The molecule has 4 heteroatoms. The zero-order valence-corrected chi connectivity index (χ0v) is 11.1. The predicted molar refractivity (Wildman–Crippen MR) is 77.2 cm³/mol. The number of aromatic nitrogens is 1. The molecule has 1 aromatic heterocycles. The van der Waals surface area contributed by atoms with Gasteiger partial charge in [0.1, 0.15) is 0 Å². The number of nitrogen functional groups attached to an aromatic ring is 1. The van der Waals surface area contributed by atoms with Crippen molar-refractivity contribution in [1.82, 2.24) is 4.98 Å². The molecule has 98 valence electrons. The molecule has 1 heterocycles. The molecule has 0 fully saturated rings. The molecule has 2 rings (SSSR count). The molecule has 1 amide bonds. The maximum Gasteiger partial charge on any atom is 0.261 e. The first-order valence-electron chi connectivity index (χ1n) is 6.21. The Morgan fingerprint density at radius 1 is 1.26 bits per heavy atom. The summed E-state index contributed by atoms with van der Waals surface area (Å²) in [6.45, 7) is 4.53. The van der Waals surface area contributed by atoms with E-state index in [1.165, 1.54) is 6.20 Å². The molecule has 2 aromatic rings. The third kappa shape index (κ3) is 2.73. The number of anilines is 2. The summed E-state index contributed by atoms with van der Waals surface area (Å²) in [6, 6.07) is 9.47. The molecule has 0 atom stereocenters. The van der Waals surface area contributed by atoms with Crippen molar-refractivity contribution in [3.8, 4) is 0 Å². The van der Waals surface area contributed by atoms with E-state index >= 15 is 0 Å². The van der Waals surface area contributed by atoms with Crippen LogP contribution >= 0.6 is 0 Å². The molecule has 2 N–H and O–H groups in total. The summed E-state index contributed by atoms with van der Waals surface area (Å²) in [4.78, 5) is 18.1. The van der Waals surface area contributed by atoms with E-state index in [1.807, 2.05) is 38.1 Å². The number of nitrogens with zero attached hydrogens (tertiary/aromatic N) is 2. The summed E-state index contributed by atoms with van der Waals surface area (Å²) in [5.74, 6) is -0.128. The second kappa shape index (κ2) is 5.52. The van der Waals surface area contributed by atoms with Gasteiger partial charge in [0.2, 0.25) is 0 Å². The van der Waals surface area contributed by atoms with Gasteiger partial charge in [-0.15, -0.1) is 0 Å². The Morgan fingerprint density at radius 3 is 2.53 bits per heavy atom. The lowest BCUT2D eigenvalue weighted by Gasteiger charge is -2.21. The summed E-state index contributed by atoms with van der Waals surface area (Å²) in [7, 11) is 0. The van der Waals surface area contributed by atoms with Crippen LogP contribution < -0.4 is 10.6 Å². The maximum atomic E-state index is 12.5. The SMILES string of the molecule is CCN(C(=O)c1cnccc1N)c1ccc(C)cc1. The van der Waals surface area contributed by atoms with Crippen LogP contribution in [0.25, 0.3) is 0 Å². The molecular formula is C15H17N3O. The van der Waals surface area contributed by atoms with E-state index in [9.17, 15) is 4.79 Å². The summed E-state index contributed by atoms with van der Waals surface area (Å²) >= 11 is 0. The number of benzene rings is 1. The van der Waals surface area contributed by atoms with Crippen LogP contribution in [0.15, 0.2) is 42.7 Å². The van der Waals surface area contributed by atoms with E-state index in [4.69, 9.17) is 5.73 Å². The molecule has 0 aliphatic heterocycles. The number of pyridine rings is 1. The topological polar surface area (TPSA) is 59.2 Å². The zero-order chi connectivity index (χ0) is 13.8. The molecule has 4 nitrogen and oxygen atoms in total. The summed E-state index contributed by atoms with van der Waals surface area (Å²) < 4.78 is 0. The Labute approximate surface area is 112 Å². The van der Waals surface area contributed by atoms with Crippen LogP contribution in [-0.2, 0) is 0 Å². The Kier molecular flexibility index (Phi) is 3.80. The van der Waals surface area contributed by atoms with Crippen molar-refractivity contribution in [3.63, 3.8) is 0 Å². The van der Waals surface area contributed by atoms with E-state index in [0.29, 0.717) is 17.8 Å². The van der Waals surface area contributed by atoms with Gasteiger partial charge in [-0.1, -0.05) is 17.7 Å². The molecular weight excluding hydrogens is 238 g/mol. The van der Waals surface area contributed by atoms with Crippen molar-refractivity contribution < 1.29 is 4.79 Å². The van der Waals surface area contributed by atoms with Crippen LogP contribution in [0, 0.1) is 6.92 Å². The molecule has 0 saturated heterocycles. The minimum atomic E-state index is -0.128. The Hall–Kier alpha value is -2.36. The fraction of sp³-hybridized carbons (Fsp3) is 0.200. The first kappa shape index (κ1) is 13.1. The van der Waals surface area contributed by atoms with Crippen LogP contribution in [-0.4, -0.2) is 17.4 Å². The molecule has 19 heavy (non-hydrogen) atoms. The van der Waals surface area contributed by atoms with Crippen LogP contribution in [0.1, 0.15) is 22.8 Å². The van der Waals surface area contributed by atoms with Crippen LogP contribution in [0.2, 0.25) is 0 Å². The highest BCUT2D eigenvalue weighted by atomic mass is 16.2. The third-order valence-corrected chi connectivity index (χ3v) is 2.99. The zero-order valence-electron chi connectivity index (χ0n) is 11.1. The number of carbonyl (C=O) groups excluding carboxylic acids is 1. The van der Waals surface area contributed by atoms with Gasteiger partial charge in [0.05, 0.1) is 5.56 Å². The van der Waals surface area contributed by atoms with Crippen LogP contribution in [0.5, 0.6) is 0 Å². The number of aryl methyl sites for hydroxylation is 1. The number of nitrogens with two attached hydrogens (primary N) is 1. The van der Waals surface area contributed by atoms with Crippen molar-refractivity contribution in [1.29, 1.82) is 0 Å². The molecule has 0 bridgehead atoms. The Balaban J connectivity index is 2.35. The van der Waals surface area contributed by atoms with E-state index in [0.717, 1.165) is 11.3 Å². The molecule has 0 radical (unpaired) electrons. The fourth-order valence-electron chi connectivity index (χ4n) is 1.90. The third-order valence-electron chi connectivity index (χ3n) is 2.99. The Bertz CT molecular complexity index is 578. The highest BCUT2D eigenvalue weighted by molar-refractivity contribution is 6.09. The van der Waals surface area contributed by atoms with Gasteiger partial charge in [0, 0.05) is 30.3 Å². The lowest BCUT2D eigenvalue weighted by Crippen LogP contribution is -2.31. The number of carbonyl (C=O) groups is 1. The minimum absolute atomic E-state index is 0.128. The average molecular weight is 255 g/mol. The predicted octanol–water partition coefficient (Wildman–Crippen LogP) is 2.64. The molecule has 0 saturated carbocycles. The van der Waals surface area contributed by atoms with Gasteiger partial charge in [-0.25, -0.2) is 0 Å². The first-order chi connectivity index (χ1) is 9.13. The first-order valence-corrected chi connectivity index (χ1v) is 6.21. The van der Waals surface area contributed by atoms with Gasteiger partial charge in [-0.2, -0.15) is 0 Å². The van der Waals surface area contributed by atoms with Gasteiger partial charge < -0.3 is 10.6 Å². The second-order valence-corrected chi connectivity index (χ2v) is 4.35. The fourth-order valence-corrected chi connectivity index (χ4v) is 1.90. The largest absolute Gasteiger partial charge is 0.398 e. The quantitative estimate of drug-likeness (QED) is 0.917. The molecule has 0 aliphatic rings. The van der Waals surface area contributed by atoms with E-state index in [-0.39, 0.29) is 5.91 Å². The van der Waals surface area contributed by atoms with Crippen molar-refractivity contribution in [2.75, 3.05) is 17.2 Å². The standard InChI is InChI=1S/C15H17N3O/c1-3-18(12-6-4-11(2)5-7-12)15(19)13-10-17-9-8-14(13)16/h4-10H,3H2,1-2H3,(H2,16,17). The van der Waals surface area contributed by atoms with Gasteiger partial charge in [0.25, 0.3) is 5.91 Å². The number of hydrogen-bond acceptors (Lipinski definition) is 3. The van der Waals surface area contributed by atoms with Gasteiger partial charge in [-0.05, 0) is 32.0 Å². The van der Waals surface area contributed by atoms with Crippen molar-refractivity contribution in [2.45, 2.75) is 13.8 Å². The lowest BCUT2D eigenvalue weighted by molar-refractivity contribution is 0.0989. The second-order valence-electron chi connectivity index (χ2n) is 4.35. The highest BCUT2D eigenvalue weighted by Crippen LogP contribution is 2.19. The number of rotatable bonds is 3. The van der Waals surface area contributed by atoms with E-state index in [1.54, 1.807) is 17.2 Å². The Morgan fingerprint density at radius 2 is 1.95 bits per heavy atom. The smallest absolute Gasteiger partial charge is 0.261 e. The minimum Gasteiger partial charge on any atom is -0.398 e. The number of amides is 1. The van der Waals surface area contributed by atoms with E-state index < -0.39 is 0 Å². The summed E-state index contributed by atoms with van der Waals surface area (Å²) in [5, 5.41) is 0. The summed E-state index contributed by atoms with van der Waals surface area (Å²) in [5.41, 5.74) is 8.74. The number of hydrogen-bond donors (Lipinski definition) is 1. The van der Waals surface area contributed by atoms with Crippen LogP contribution in [0.4, 0.5) is 11.4 Å². The normalized spacial score (nSPS) is 10.2. The van der Waals surface area contributed by atoms with Gasteiger partial charge >= 0.3 is 0 Å². The van der Waals surface area contributed by atoms with Crippen molar-refractivity contribution in [2.24, 2.45) is 0 Å². The molecule has 0 spiro atoms. The van der Waals surface area contributed by atoms with Crippen LogP contribution in [0.3, 0.4) is 0 Å². The summed E-state index contributed by atoms with van der Waals surface area (Å²) in [6.07, 6.45) is 3.09. The molecule has 0 aliphatic carbocycles. The van der Waals surface area contributed by atoms with Crippen molar-refractivity contribution >= 4 is 17.3 Å². The highest BCUT2D eigenvalue weighted by Gasteiger charge is 2.18.